The molecule has 0 bridgehead atoms. The van der Waals surface area contributed by atoms with Crippen LogP contribution in [0.15, 0.2) is 87.0 Å². The molecule has 3 heterocycles. The summed E-state index contributed by atoms with van der Waals surface area (Å²) < 4.78 is 10.5. The van der Waals surface area contributed by atoms with Crippen molar-refractivity contribution in [3.05, 3.63) is 109 Å². The number of nitrogens with one attached hydrogen (secondary N) is 1. The number of ether oxygens (including phenoxy) is 1. The molecule has 1 aliphatic heterocycles. The highest BCUT2D eigenvalue weighted by atomic mass is 35.5. The van der Waals surface area contributed by atoms with Crippen molar-refractivity contribution < 1.29 is 9.53 Å². The van der Waals surface area contributed by atoms with E-state index in [-0.39, 0.29) is 23.8 Å². The molecule has 0 unspecified atom stereocenters. The average Bonchev–Trinajstić information content (AvgIpc) is 3.46. The van der Waals surface area contributed by atoms with E-state index in [1.807, 2.05) is 61.8 Å². The zero-order chi connectivity index (χ0) is 28.7. The second-order valence-corrected chi connectivity index (χ2v) is 10.8. The molecule has 6 rings (SSSR count). The molecular weight excluding hydrogens is 583 g/mol. The van der Waals surface area contributed by atoms with Gasteiger partial charge in [0.05, 0.1) is 39.0 Å². The van der Waals surface area contributed by atoms with E-state index < -0.39 is 0 Å². The number of carbonyl (C=O) groups excluding carboxylic acids is 1. The molecule has 0 fully saturated rings. The van der Waals surface area contributed by atoms with Crippen molar-refractivity contribution in [1.29, 1.82) is 0 Å². The molecule has 12 heteroatoms. The maximum atomic E-state index is 13.6. The van der Waals surface area contributed by atoms with Crippen LogP contribution in [0, 0.1) is 6.92 Å². The standard InChI is InChI=1S/C29H22Cl2N6O3S/c1-17-27(28(39)37(35(17)2)19-7-4-3-5-8-19)34-29-36(32-14-20-21(30)9-6-10-22(20)31)24(16-41-29)18-11-12-25-23(13-18)33-26(38)15-40-25/h3-14,16H,15H2,1-2H3,(H,33,38). The summed E-state index contributed by atoms with van der Waals surface area (Å²) in [5.41, 5.74) is 3.97. The predicted molar refractivity (Wildman–Crippen MR) is 162 cm³/mol. The Balaban J connectivity index is 1.54. The summed E-state index contributed by atoms with van der Waals surface area (Å²) in [7, 11) is 1.82. The van der Waals surface area contributed by atoms with E-state index in [1.54, 1.807) is 44.5 Å². The van der Waals surface area contributed by atoms with Crippen LogP contribution in [0.5, 0.6) is 5.75 Å². The molecule has 2 aromatic heterocycles. The number of nitrogens with zero attached hydrogens (tertiary/aromatic N) is 5. The normalized spacial score (nSPS) is 13.4. The van der Waals surface area contributed by atoms with E-state index in [0.29, 0.717) is 43.2 Å². The van der Waals surface area contributed by atoms with Gasteiger partial charge in [0, 0.05) is 23.6 Å². The number of thiazole rings is 1. The minimum Gasteiger partial charge on any atom is -0.482 e. The van der Waals surface area contributed by atoms with Gasteiger partial charge in [-0.15, -0.1) is 11.3 Å². The van der Waals surface area contributed by atoms with Crippen LogP contribution >= 0.6 is 34.5 Å². The number of aromatic nitrogens is 3. The fourth-order valence-corrected chi connectivity index (χ4v) is 5.79. The maximum absolute atomic E-state index is 13.6. The van der Waals surface area contributed by atoms with E-state index in [9.17, 15) is 9.59 Å². The van der Waals surface area contributed by atoms with Crippen LogP contribution in [0.4, 0.5) is 11.4 Å². The minimum atomic E-state index is -0.260. The smallest absolute Gasteiger partial charge is 0.297 e. The summed E-state index contributed by atoms with van der Waals surface area (Å²) >= 11 is 14.1. The molecule has 0 radical (unpaired) electrons. The van der Waals surface area contributed by atoms with Gasteiger partial charge < -0.3 is 10.1 Å². The summed E-state index contributed by atoms with van der Waals surface area (Å²) in [6.45, 7) is 1.81. The summed E-state index contributed by atoms with van der Waals surface area (Å²) in [6.07, 6.45) is 1.56. The molecule has 41 heavy (non-hydrogen) atoms. The Morgan fingerprint density at radius 3 is 2.54 bits per heavy atom. The first-order valence-corrected chi connectivity index (χ1v) is 14.1. The van der Waals surface area contributed by atoms with Gasteiger partial charge in [-0.3, -0.25) is 14.3 Å². The number of rotatable bonds is 5. The van der Waals surface area contributed by atoms with E-state index in [1.165, 1.54) is 11.3 Å². The molecule has 1 N–H and O–H groups in total. The fourth-order valence-electron chi connectivity index (χ4n) is 4.46. The van der Waals surface area contributed by atoms with Crippen molar-refractivity contribution in [1.82, 2.24) is 14.0 Å². The van der Waals surface area contributed by atoms with Gasteiger partial charge in [0.1, 0.15) is 5.75 Å². The summed E-state index contributed by atoms with van der Waals surface area (Å²) in [6, 6.07) is 20.1. The first kappa shape index (κ1) is 26.8. The monoisotopic (exact) mass is 604 g/mol. The van der Waals surface area contributed by atoms with E-state index in [0.717, 1.165) is 11.3 Å². The molecule has 0 spiro atoms. The lowest BCUT2D eigenvalue weighted by Crippen LogP contribution is -2.25. The highest BCUT2D eigenvalue weighted by molar-refractivity contribution is 7.07. The lowest BCUT2D eigenvalue weighted by Gasteiger charge is -2.18. The number of fused-ring (bicyclic) bond motifs is 1. The molecule has 0 atom stereocenters. The molecule has 9 nitrogen and oxygen atoms in total. The number of carbonyl (C=O) groups is 1. The SMILES string of the molecule is Cc1c(N=c2scc(-c3ccc4c(c3)NC(=O)CO4)n2N=Cc2c(Cl)cccc2Cl)c(=O)n(-c2ccccc2)n1C. The number of benzene rings is 3. The van der Waals surface area contributed by atoms with Gasteiger partial charge in [0.25, 0.3) is 11.5 Å². The van der Waals surface area contributed by atoms with Gasteiger partial charge in [-0.25, -0.2) is 14.4 Å². The van der Waals surface area contributed by atoms with Crippen molar-refractivity contribution in [2.75, 3.05) is 11.9 Å². The van der Waals surface area contributed by atoms with E-state index in [4.69, 9.17) is 38.0 Å². The molecular formula is C29H22Cl2N6O3S. The molecule has 3 aromatic carbocycles. The van der Waals surface area contributed by atoms with Crippen molar-refractivity contribution >= 4 is 58.0 Å². The number of para-hydroxylation sites is 1. The Morgan fingerprint density at radius 2 is 1.78 bits per heavy atom. The van der Waals surface area contributed by atoms with Crippen LogP contribution < -0.4 is 20.4 Å². The van der Waals surface area contributed by atoms with Crippen molar-refractivity contribution in [2.24, 2.45) is 17.1 Å². The van der Waals surface area contributed by atoms with Crippen molar-refractivity contribution in [2.45, 2.75) is 6.92 Å². The second kappa shape index (κ2) is 10.9. The van der Waals surface area contributed by atoms with Gasteiger partial charge >= 0.3 is 0 Å². The Bertz CT molecular complexity index is 1950. The minimum absolute atomic E-state index is 0.0341. The van der Waals surface area contributed by atoms with E-state index >= 15 is 0 Å². The highest BCUT2D eigenvalue weighted by Crippen LogP contribution is 2.33. The topological polar surface area (TPSA) is 94.9 Å². The summed E-state index contributed by atoms with van der Waals surface area (Å²) in [5, 5.41) is 10.3. The van der Waals surface area contributed by atoms with Crippen LogP contribution in [-0.2, 0) is 11.8 Å². The van der Waals surface area contributed by atoms with Crippen LogP contribution in [0.3, 0.4) is 0 Å². The number of amides is 1. The summed E-state index contributed by atoms with van der Waals surface area (Å²) in [5.74, 6) is 0.344. The molecule has 206 valence electrons. The fraction of sp³-hybridized carbons (Fsp3) is 0.103. The third-order valence-electron chi connectivity index (χ3n) is 6.63. The van der Waals surface area contributed by atoms with E-state index in [2.05, 4.69) is 5.32 Å². The zero-order valence-electron chi connectivity index (χ0n) is 21.8. The predicted octanol–water partition coefficient (Wildman–Crippen LogP) is 5.77. The van der Waals surface area contributed by atoms with Crippen LogP contribution in [-0.4, -0.2) is 32.8 Å². The van der Waals surface area contributed by atoms with Crippen LogP contribution in [0.25, 0.3) is 16.9 Å². The van der Waals surface area contributed by atoms with Crippen molar-refractivity contribution in [3.63, 3.8) is 0 Å². The number of anilines is 1. The van der Waals surface area contributed by atoms with Crippen LogP contribution in [0.1, 0.15) is 11.3 Å². The molecule has 0 saturated carbocycles. The lowest BCUT2D eigenvalue weighted by molar-refractivity contribution is -0.118. The zero-order valence-corrected chi connectivity index (χ0v) is 24.2. The maximum Gasteiger partial charge on any atom is 0.297 e. The Hall–Kier alpha value is -4.38. The number of hydrogen-bond donors (Lipinski definition) is 1. The molecule has 1 amide bonds. The molecule has 1 aliphatic rings. The van der Waals surface area contributed by atoms with Gasteiger partial charge in [-0.2, -0.15) is 5.10 Å². The molecule has 0 saturated heterocycles. The Kier molecular flexibility index (Phi) is 7.12. The van der Waals surface area contributed by atoms with Crippen molar-refractivity contribution in [3.8, 4) is 22.7 Å². The highest BCUT2D eigenvalue weighted by Gasteiger charge is 2.19. The van der Waals surface area contributed by atoms with Gasteiger partial charge in [0.2, 0.25) is 4.80 Å². The third kappa shape index (κ3) is 5.01. The Labute approximate surface area is 248 Å². The lowest BCUT2D eigenvalue weighted by atomic mass is 10.1. The molecule has 5 aromatic rings. The third-order valence-corrected chi connectivity index (χ3v) is 8.10. The number of hydrogen-bond acceptors (Lipinski definition) is 6. The second-order valence-electron chi connectivity index (χ2n) is 9.16. The Morgan fingerprint density at radius 1 is 1.02 bits per heavy atom. The quantitative estimate of drug-likeness (QED) is 0.258. The van der Waals surface area contributed by atoms with Gasteiger partial charge in [0.15, 0.2) is 12.3 Å². The van der Waals surface area contributed by atoms with Crippen LogP contribution in [0.2, 0.25) is 10.0 Å². The van der Waals surface area contributed by atoms with Gasteiger partial charge in [-0.05, 0) is 49.4 Å². The van der Waals surface area contributed by atoms with Gasteiger partial charge in [-0.1, -0.05) is 47.5 Å². The largest absolute Gasteiger partial charge is 0.482 e. The summed E-state index contributed by atoms with van der Waals surface area (Å²) in [4.78, 5) is 30.8. The average molecular weight is 606 g/mol. The molecule has 0 aliphatic carbocycles. The first-order valence-electron chi connectivity index (χ1n) is 12.5. The number of halogens is 2. The first-order chi connectivity index (χ1) is 19.8.